The summed E-state index contributed by atoms with van der Waals surface area (Å²) in [5.74, 6) is -0.696. The number of ether oxygens (including phenoxy) is 3. The van der Waals surface area contributed by atoms with E-state index in [0.717, 1.165) is 5.56 Å². The van der Waals surface area contributed by atoms with Gasteiger partial charge in [0.15, 0.2) is 23.0 Å². The van der Waals surface area contributed by atoms with Gasteiger partial charge in [0, 0.05) is 24.9 Å². The highest BCUT2D eigenvalue weighted by Crippen LogP contribution is 2.45. The van der Waals surface area contributed by atoms with E-state index in [4.69, 9.17) is 14.2 Å². The number of hydrogen-bond donors (Lipinski definition) is 1. The molecule has 0 saturated carbocycles. The van der Waals surface area contributed by atoms with Crippen molar-refractivity contribution in [2.75, 3.05) is 21.3 Å². The fourth-order valence-electron chi connectivity index (χ4n) is 3.67. The van der Waals surface area contributed by atoms with Crippen molar-refractivity contribution >= 4 is 11.7 Å². The number of aliphatic hydroxyl groups is 1. The average molecular weight is 426 g/mol. The van der Waals surface area contributed by atoms with E-state index in [1.807, 2.05) is 0 Å². The molecule has 1 atom stereocenters. The molecule has 1 aliphatic heterocycles. The van der Waals surface area contributed by atoms with Crippen LogP contribution in [0.3, 0.4) is 0 Å². The third-order valence-corrected chi connectivity index (χ3v) is 5.20. The smallest absolute Gasteiger partial charge is 0.290 e. The number of pyridine rings is 1. The normalized spacial score (nSPS) is 16.1. The number of benzene rings is 1. The van der Waals surface area contributed by atoms with E-state index in [9.17, 15) is 14.7 Å². The lowest BCUT2D eigenvalue weighted by Gasteiger charge is -2.28. The summed E-state index contributed by atoms with van der Waals surface area (Å²) in [6, 6.07) is 6.11. The summed E-state index contributed by atoms with van der Waals surface area (Å²) in [6.45, 7) is 3.64. The zero-order valence-corrected chi connectivity index (χ0v) is 18.2. The number of aromatic nitrogens is 1. The lowest BCUT2D eigenvalue weighted by atomic mass is 9.90. The van der Waals surface area contributed by atoms with Gasteiger partial charge in [0.25, 0.3) is 5.91 Å². The van der Waals surface area contributed by atoms with Crippen LogP contribution in [0.25, 0.3) is 0 Å². The molecule has 1 N–H and O–H groups in total. The number of nitrogens with zero attached hydrogens (tertiary/aromatic N) is 2. The monoisotopic (exact) mass is 426 g/mol. The van der Waals surface area contributed by atoms with E-state index in [0.29, 0.717) is 22.8 Å². The summed E-state index contributed by atoms with van der Waals surface area (Å²) in [6.07, 6.45) is 3.25. The molecule has 0 radical (unpaired) electrons. The fraction of sp³-hybridized carbons (Fsp3) is 0.348. The lowest BCUT2D eigenvalue weighted by molar-refractivity contribution is -0.130. The number of rotatable bonds is 8. The molecule has 31 heavy (non-hydrogen) atoms. The predicted molar refractivity (Wildman–Crippen MR) is 113 cm³/mol. The van der Waals surface area contributed by atoms with Crippen LogP contribution in [-0.4, -0.2) is 48.0 Å². The van der Waals surface area contributed by atoms with Crippen LogP contribution in [0.5, 0.6) is 17.2 Å². The van der Waals surface area contributed by atoms with Crippen LogP contribution in [0.4, 0.5) is 0 Å². The Morgan fingerprint density at radius 1 is 1.10 bits per heavy atom. The second-order valence-corrected chi connectivity index (χ2v) is 7.43. The molecule has 164 valence electrons. The summed E-state index contributed by atoms with van der Waals surface area (Å²) in [4.78, 5) is 31.5. The second-order valence-electron chi connectivity index (χ2n) is 7.43. The van der Waals surface area contributed by atoms with Crippen molar-refractivity contribution in [2.24, 2.45) is 5.92 Å². The Labute approximate surface area is 181 Å². The molecule has 0 fully saturated rings. The maximum absolute atomic E-state index is 13.0. The predicted octanol–water partition coefficient (Wildman–Crippen LogP) is 3.23. The maximum atomic E-state index is 13.0. The standard InChI is InChI=1S/C23H26N2O6/c1-13(2)20(26)18-19(15-10-16(29-3)22(31-5)17(11-15)30-4)25(23(28)21(18)27)12-14-6-8-24-9-7-14/h6-11,13,19,27H,12H2,1-5H3. The van der Waals surface area contributed by atoms with Gasteiger partial charge in [0.1, 0.15) is 0 Å². The van der Waals surface area contributed by atoms with Crippen molar-refractivity contribution in [3.8, 4) is 17.2 Å². The number of amides is 1. The van der Waals surface area contributed by atoms with Crippen molar-refractivity contribution in [3.63, 3.8) is 0 Å². The Kier molecular flexibility index (Phi) is 6.48. The molecule has 1 amide bonds. The number of hydrogen-bond acceptors (Lipinski definition) is 7. The highest BCUT2D eigenvalue weighted by atomic mass is 16.5. The topological polar surface area (TPSA) is 98.2 Å². The Balaban J connectivity index is 2.19. The number of ketones is 1. The summed E-state index contributed by atoms with van der Waals surface area (Å²) >= 11 is 0. The Hall–Kier alpha value is -3.55. The van der Waals surface area contributed by atoms with Gasteiger partial charge >= 0.3 is 0 Å². The van der Waals surface area contributed by atoms with Gasteiger partial charge in [-0.25, -0.2) is 0 Å². The van der Waals surface area contributed by atoms with Gasteiger partial charge in [-0.15, -0.1) is 0 Å². The molecule has 1 aromatic carbocycles. The fourth-order valence-corrected chi connectivity index (χ4v) is 3.67. The highest BCUT2D eigenvalue weighted by Gasteiger charge is 2.44. The van der Waals surface area contributed by atoms with Crippen LogP contribution in [0, 0.1) is 5.92 Å². The first kappa shape index (κ1) is 22.1. The van der Waals surface area contributed by atoms with E-state index in [1.165, 1.54) is 26.2 Å². The van der Waals surface area contributed by atoms with Crippen LogP contribution in [0.2, 0.25) is 0 Å². The van der Waals surface area contributed by atoms with Crippen LogP contribution < -0.4 is 14.2 Å². The third kappa shape index (κ3) is 4.05. The maximum Gasteiger partial charge on any atom is 0.290 e. The largest absolute Gasteiger partial charge is 0.503 e. The van der Waals surface area contributed by atoms with Gasteiger partial charge in [-0.2, -0.15) is 0 Å². The first-order valence-electron chi connectivity index (χ1n) is 9.81. The van der Waals surface area contributed by atoms with Gasteiger partial charge in [-0.1, -0.05) is 13.8 Å². The Morgan fingerprint density at radius 2 is 1.68 bits per heavy atom. The molecule has 0 saturated heterocycles. The van der Waals surface area contributed by atoms with Crippen molar-refractivity contribution in [1.82, 2.24) is 9.88 Å². The van der Waals surface area contributed by atoms with Crippen LogP contribution in [-0.2, 0) is 16.1 Å². The minimum atomic E-state index is -0.815. The number of methoxy groups -OCH3 is 3. The number of carbonyl (C=O) groups excluding carboxylic acids is 2. The minimum absolute atomic E-state index is 0.0586. The Bertz CT molecular complexity index is 991. The van der Waals surface area contributed by atoms with Crippen molar-refractivity contribution < 1.29 is 28.9 Å². The van der Waals surface area contributed by atoms with Gasteiger partial charge in [-0.3, -0.25) is 14.6 Å². The SMILES string of the molecule is COc1cc(C2C(C(=O)C(C)C)=C(O)C(=O)N2Cc2ccncc2)cc(OC)c1OC. The molecule has 8 nitrogen and oxygen atoms in total. The molecule has 8 heteroatoms. The van der Waals surface area contributed by atoms with Crippen molar-refractivity contribution in [1.29, 1.82) is 0 Å². The Morgan fingerprint density at radius 3 is 2.16 bits per heavy atom. The second kappa shape index (κ2) is 9.07. The van der Waals surface area contributed by atoms with Crippen LogP contribution in [0.15, 0.2) is 48.0 Å². The molecule has 0 bridgehead atoms. The van der Waals surface area contributed by atoms with Gasteiger partial charge in [-0.05, 0) is 35.4 Å². The molecular weight excluding hydrogens is 400 g/mol. The molecule has 1 unspecified atom stereocenters. The van der Waals surface area contributed by atoms with Gasteiger partial charge < -0.3 is 24.2 Å². The van der Waals surface area contributed by atoms with Crippen molar-refractivity contribution in [3.05, 3.63) is 59.1 Å². The zero-order chi connectivity index (χ0) is 22.7. The quantitative estimate of drug-likeness (QED) is 0.692. The number of Topliss-reactive ketones (excluding diaryl/α,β-unsaturated/α-hetero) is 1. The first-order valence-corrected chi connectivity index (χ1v) is 9.81. The minimum Gasteiger partial charge on any atom is -0.503 e. The lowest BCUT2D eigenvalue weighted by Crippen LogP contribution is -2.31. The van der Waals surface area contributed by atoms with E-state index < -0.39 is 23.6 Å². The van der Waals surface area contributed by atoms with Gasteiger partial charge in [0.05, 0.1) is 32.9 Å². The highest BCUT2D eigenvalue weighted by molar-refractivity contribution is 6.09. The average Bonchev–Trinajstić information content (AvgIpc) is 3.02. The molecule has 3 rings (SSSR count). The summed E-state index contributed by atoms with van der Waals surface area (Å²) < 4.78 is 16.3. The molecule has 1 aromatic heterocycles. The van der Waals surface area contributed by atoms with E-state index in [2.05, 4.69) is 4.98 Å². The molecule has 2 aromatic rings. The van der Waals surface area contributed by atoms with E-state index >= 15 is 0 Å². The first-order chi connectivity index (χ1) is 14.8. The molecule has 2 heterocycles. The summed E-state index contributed by atoms with van der Waals surface area (Å²) in [7, 11) is 4.47. The zero-order valence-electron chi connectivity index (χ0n) is 18.2. The summed E-state index contributed by atoms with van der Waals surface area (Å²) in [5.41, 5.74) is 1.43. The number of carbonyl (C=O) groups is 2. The van der Waals surface area contributed by atoms with E-state index in [1.54, 1.807) is 50.5 Å². The molecule has 1 aliphatic rings. The van der Waals surface area contributed by atoms with Crippen molar-refractivity contribution in [2.45, 2.75) is 26.4 Å². The molecule has 0 aliphatic carbocycles. The summed E-state index contributed by atoms with van der Waals surface area (Å²) in [5, 5.41) is 10.7. The van der Waals surface area contributed by atoms with E-state index in [-0.39, 0.29) is 17.9 Å². The van der Waals surface area contributed by atoms with Crippen LogP contribution in [0.1, 0.15) is 31.0 Å². The van der Waals surface area contributed by atoms with Crippen LogP contribution >= 0.6 is 0 Å². The molecular formula is C23H26N2O6. The number of aliphatic hydroxyl groups excluding tert-OH is 1. The third-order valence-electron chi connectivity index (χ3n) is 5.20. The van der Waals surface area contributed by atoms with Gasteiger partial charge in [0.2, 0.25) is 5.75 Å². The molecule has 0 spiro atoms.